The number of aliphatic hydroxyl groups excluding tert-OH is 1. The Morgan fingerprint density at radius 2 is 1.75 bits per heavy atom. The molecule has 0 aromatic heterocycles. The van der Waals surface area contributed by atoms with Crippen LogP contribution in [0.15, 0.2) is 78.9 Å². The number of hydrogen-bond acceptors (Lipinski definition) is 6. The molecule has 3 N–H and O–H groups in total. The Hall–Kier alpha value is -4.25. The molecule has 1 unspecified atom stereocenters. The van der Waals surface area contributed by atoms with E-state index in [0.717, 1.165) is 29.3 Å². The first-order chi connectivity index (χ1) is 22.8. The summed E-state index contributed by atoms with van der Waals surface area (Å²) in [5.74, 6) is -2.38. The summed E-state index contributed by atoms with van der Waals surface area (Å²) < 4.78 is 40.3. The summed E-state index contributed by atoms with van der Waals surface area (Å²) in [4.78, 5) is 27.4. The standard InChI is InChI=1S/C37H39ClF2N2O6/c1-4-41-35(46)37(12-8-11-29(36(37,2)3)24-9-6-5-7-10-24)22-48-33-18-32(47-21-23-13-26(39)16-27(40)14-23)25(15-30(33)38)19-42-20-28(43)17-31(42)34(44)45/h5-16,18,28,31,43H,4,17,19-22H2,1-3H3,(H,41,46)(H,44,45)/t28-,31+,37?/m1/s1. The van der Waals surface area contributed by atoms with Gasteiger partial charge in [-0.1, -0.05) is 74.0 Å². The van der Waals surface area contributed by atoms with E-state index >= 15 is 0 Å². The number of likely N-dealkylation sites (tertiary alicyclic amines) is 1. The van der Waals surface area contributed by atoms with Gasteiger partial charge in [0.05, 0.1) is 11.1 Å². The third kappa shape index (κ3) is 7.26. The number of carboxylic acids is 1. The minimum atomic E-state index is -1.16. The van der Waals surface area contributed by atoms with Gasteiger partial charge in [-0.25, -0.2) is 8.78 Å². The number of nitrogens with zero attached hydrogens (tertiary/aromatic N) is 1. The minimum absolute atomic E-state index is 0.0602. The van der Waals surface area contributed by atoms with Crippen LogP contribution in [0.3, 0.4) is 0 Å². The average Bonchev–Trinajstić information content (AvgIpc) is 3.40. The molecule has 0 bridgehead atoms. The second kappa shape index (κ2) is 14.5. The fourth-order valence-corrected chi connectivity index (χ4v) is 6.77. The first-order valence-electron chi connectivity index (χ1n) is 15.8. The number of benzene rings is 3. The molecule has 254 valence electrons. The summed E-state index contributed by atoms with van der Waals surface area (Å²) in [6, 6.07) is 15.1. The van der Waals surface area contributed by atoms with Gasteiger partial charge in [-0.2, -0.15) is 0 Å². The lowest BCUT2D eigenvalue weighted by atomic mass is 9.58. The molecule has 0 saturated carbocycles. The van der Waals surface area contributed by atoms with E-state index in [2.05, 4.69) is 5.32 Å². The first kappa shape index (κ1) is 35.1. The summed E-state index contributed by atoms with van der Waals surface area (Å²) in [5, 5.41) is 23.1. The van der Waals surface area contributed by atoms with Crippen molar-refractivity contribution < 1.29 is 38.1 Å². The van der Waals surface area contributed by atoms with Crippen molar-refractivity contribution in [2.75, 3.05) is 19.7 Å². The number of amides is 1. The van der Waals surface area contributed by atoms with Crippen molar-refractivity contribution in [3.05, 3.63) is 112 Å². The first-order valence-corrected chi connectivity index (χ1v) is 16.1. The van der Waals surface area contributed by atoms with E-state index in [0.29, 0.717) is 12.1 Å². The Kier molecular flexibility index (Phi) is 10.6. The third-order valence-electron chi connectivity index (χ3n) is 9.19. The van der Waals surface area contributed by atoms with Gasteiger partial charge in [0.25, 0.3) is 0 Å². The third-order valence-corrected chi connectivity index (χ3v) is 9.48. The lowest BCUT2D eigenvalue weighted by molar-refractivity contribution is -0.142. The highest BCUT2D eigenvalue weighted by molar-refractivity contribution is 6.32. The highest BCUT2D eigenvalue weighted by atomic mass is 35.5. The van der Waals surface area contributed by atoms with Crippen LogP contribution >= 0.6 is 11.6 Å². The SMILES string of the molecule is CCNC(=O)C1(COc2cc(OCc3cc(F)cc(F)c3)c(CN3C[C@H](O)C[C@H]3C(=O)O)cc2Cl)C=CC=C(c2ccccc2)C1(C)C. The zero-order valence-electron chi connectivity index (χ0n) is 27.0. The highest BCUT2D eigenvalue weighted by Gasteiger charge is 2.53. The Balaban J connectivity index is 1.49. The molecule has 1 aliphatic heterocycles. The van der Waals surface area contributed by atoms with Gasteiger partial charge in [0.2, 0.25) is 5.91 Å². The van der Waals surface area contributed by atoms with Gasteiger partial charge in [-0.15, -0.1) is 0 Å². The zero-order chi connectivity index (χ0) is 34.6. The van der Waals surface area contributed by atoms with Crippen LogP contribution in [0, 0.1) is 22.5 Å². The molecular formula is C37H39ClF2N2O6. The molecule has 3 aromatic carbocycles. The number of aliphatic carboxylic acids is 1. The van der Waals surface area contributed by atoms with Gasteiger partial charge >= 0.3 is 5.97 Å². The number of nitrogens with one attached hydrogen (secondary N) is 1. The Morgan fingerprint density at radius 1 is 1.04 bits per heavy atom. The topological polar surface area (TPSA) is 108 Å². The predicted octanol–water partition coefficient (Wildman–Crippen LogP) is 6.40. The second-order valence-electron chi connectivity index (χ2n) is 12.7. The number of carbonyl (C=O) groups excluding carboxylic acids is 1. The molecule has 5 rings (SSSR count). The summed E-state index contributed by atoms with van der Waals surface area (Å²) in [6.45, 7) is 6.11. The van der Waals surface area contributed by atoms with Crippen LogP contribution in [0.2, 0.25) is 5.02 Å². The van der Waals surface area contributed by atoms with Crippen LogP contribution in [0.25, 0.3) is 5.57 Å². The summed E-state index contributed by atoms with van der Waals surface area (Å²) in [7, 11) is 0. The van der Waals surface area contributed by atoms with E-state index in [1.54, 1.807) is 11.0 Å². The number of halogens is 3. The van der Waals surface area contributed by atoms with Crippen molar-refractivity contribution in [1.82, 2.24) is 10.2 Å². The van der Waals surface area contributed by atoms with E-state index < -0.39 is 40.6 Å². The van der Waals surface area contributed by atoms with Gasteiger partial charge in [-0.3, -0.25) is 14.5 Å². The smallest absolute Gasteiger partial charge is 0.321 e. The number of allylic oxidation sites excluding steroid dienone is 3. The molecule has 1 heterocycles. The number of carboxylic acid groups (broad SMARTS) is 1. The largest absolute Gasteiger partial charge is 0.490 e. The number of carbonyl (C=O) groups is 2. The van der Waals surface area contributed by atoms with Crippen molar-refractivity contribution >= 4 is 29.1 Å². The minimum Gasteiger partial charge on any atom is -0.490 e. The predicted molar refractivity (Wildman–Crippen MR) is 179 cm³/mol. The molecule has 11 heteroatoms. The van der Waals surface area contributed by atoms with E-state index in [1.807, 2.05) is 69.3 Å². The molecule has 1 amide bonds. The second-order valence-corrected chi connectivity index (χ2v) is 13.1. The Morgan fingerprint density at radius 3 is 2.42 bits per heavy atom. The number of aliphatic hydroxyl groups is 1. The molecule has 3 aromatic rings. The van der Waals surface area contributed by atoms with Crippen molar-refractivity contribution in [2.45, 2.75) is 52.5 Å². The molecule has 8 nitrogen and oxygen atoms in total. The summed E-state index contributed by atoms with van der Waals surface area (Å²) >= 11 is 6.78. The molecule has 48 heavy (non-hydrogen) atoms. The van der Waals surface area contributed by atoms with Crippen LogP contribution in [0.5, 0.6) is 11.5 Å². The van der Waals surface area contributed by atoms with Gasteiger partial charge < -0.3 is 25.0 Å². The molecule has 0 radical (unpaired) electrons. The van der Waals surface area contributed by atoms with Crippen LogP contribution in [0.1, 0.15) is 43.9 Å². The molecule has 1 fully saturated rings. The molecular weight excluding hydrogens is 642 g/mol. The van der Waals surface area contributed by atoms with Crippen molar-refractivity contribution in [3.8, 4) is 11.5 Å². The zero-order valence-corrected chi connectivity index (χ0v) is 27.8. The fraction of sp³-hybridized carbons (Fsp3) is 0.351. The molecule has 1 aliphatic carbocycles. The molecule has 2 aliphatic rings. The molecule has 3 atom stereocenters. The van der Waals surface area contributed by atoms with E-state index in [9.17, 15) is 28.6 Å². The van der Waals surface area contributed by atoms with Crippen LogP contribution < -0.4 is 14.8 Å². The Labute approximate surface area is 283 Å². The van der Waals surface area contributed by atoms with Gasteiger partial charge in [0, 0.05) is 49.2 Å². The number of ether oxygens (including phenoxy) is 2. The lowest BCUT2D eigenvalue weighted by Gasteiger charge is -2.46. The van der Waals surface area contributed by atoms with Gasteiger partial charge in [0.1, 0.15) is 47.8 Å². The lowest BCUT2D eigenvalue weighted by Crippen LogP contribution is -2.53. The van der Waals surface area contributed by atoms with Crippen molar-refractivity contribution in [2.24, 2.45) is 10.8 Å². The summed E-state index contributed by atoms with van der Waals surface area (Å²) in [5.41, 5.74) is 0.743. The normalized spacial score (nSPS) is 21.9. The van der Waals surface area contributed by atoms with E-state index in [-0.39, 0.29) is 60.7 Å². The van der Waals surface area contributed by atoms with Crippen LogP contribution in [-0.2, 0) is 22.7 Å². The van der Waals surface area contributed by atoms with Crippen molar-refractivity contribution in [1.29, 1.82) is 0 Å². The maximum Gasteiger partial charge on any atom is 0.321 e. The van der Waals surface area contributed by atoms with E-state index in [4.69, 9.17) is 21.1 Å². The molecule has 0 spiro atoms. The van der Waals surface area contributed by atoms with Gasteiger partial charge in [-0.05, 0) is 41.8 Å². The monoisotopic (exact) mass is 680 g/mol. The maximum atomic E-state index is 13.9. The highest BCUT2D eigenvalue weighted by Crippen LogP contribution is 2.53. The van der Waals surface area contributed by atoms with Crippen LogP contribution in [0.4, 0.5) is 8.78 Å². The van der Waals surface area contributed by atoms with Gasteiger partial charge in [0.15, 0.2) is 0 Å². The van der Waals surface area contributed by atoms with E-state index in [1.165, 1.54) is 6.07 Å². The summed E-state index contributed by atoms with van der Waals surface area (Å²) in [6.07, 6.45) is 4.93. The quantitative estimate of drug-likeness (QED) is 0.203. The maximum absolute atomic E-state index is 13.9. The van der Waals surface area contributed by atoms with Crippen molar-refractivity contribution in [3.63, 3.8) is 0 Å². The fourth-order valence-electron chi connectivity index (χ4n) is 6.53. The number of hydrogen-bond donors (Lipinski definition) is 3. The molecule has 1 saturated heterocycles. The average molecular weight is 681 g/mol. The number of rotatable bonds is 12. The number of β-amino-alcohol motifs (C(OH)–C–C–N with tert-alkyl or cyclic N) is 1. The van der Waals surface area contributed by atoms with Crippen LogP contribution in [-0.4, -0.2) is 58.8 Å². The Bertz CT molecular complexity index is 1710.